The van der Waals surface area contributed by atoms with Gasteiger partial charge in [-0.2, -0.15) is 5.10 Å². The third-order valence-corrected chi connectivity index (χ3v) is 4.28. The summed E-state index contributed by atoms with van der Waals surface area (Å²) in [5.41, 5.74) is 1.47. The first-order valence-electron chi connectivity index (χ1n) is 8.64. The zero-order valence-electron chi connectivity index (χ0n) is 14.7. The summed E-state index contributed by atoms with van der Waals surface area (Å²) in [5, 5.41) is 7.68. The van der Waals surface area contributed by atoms with Gasteiger partial charge in [0.15, 0.2) is 17.5 Å². The molecular formula is C20H16ClN5O2. The highest BCUT2D eigenvalue weighted by Gasteiger charge is 2.12. The second kappa shape index (κ2) is 8.06. The molecule has 1 N–H and O–H groups in total. The monoisotopic (exact) mass is 393 g/mol. The second-order valence-corrected chi connectivity index (χ2v) is 6.43. The lowest BCUT2D eigenvalue weighted by atomic mass is 10.2. The normalized spacial score (nSPS) is 10.8. The Balaban J connectivity index is 1.39. The third kappa shape index (κ3) is 4.10. The highest BCUT2D eigenvalue weighted by molar-refractivity contribution is 6.30. The van der Waals surface area contributed by atoms with Crippen LogP contribution in [0.25, 0.3) is 17.1 Å². The minimum Gasteiger partial charge on any atom is -0.441 e. The van der Waals surface area contributed by atoms with Crippen molar-refractivity contribution >= 4 is 23.2 Å². The molecule has 0 bridgehead atoms. The Labute approximate surface area is 166 Å². The maximum absolute atomic E-state index is 12.4. The fraction of sp³-hybridized carbons (Fsp3) is 0.100. The lowest BCUT2D eigenvalue weighted by molar-refractivity contribution is -0.116. The van der Waals surface area contributed by atoms with Gasteiger partial charge in [0.2, 0.25) is 5.91 Å². The molecule has 4 rings (SSSR count). The van der Waals surface area contributed by atoms with Crippen LogP contribution in [0.4, 0.5) is 5.69 Å². The van der Waals surface area contributed by atoms with E-state index in [4.69, 9.17) is 16.0 Å². The molecule has 3 aromatic heterocycles. The van der Waals surface area contributed by atoms with Gasteiger partial charge in [-0.15, -0.1) is 0 Å². The average Bonchev–Trinajstić information content (AvgIpc) is 3.40. The molecule has 0 aliphatic carbocycles. The molecule has 28 heavy (non-hydrogen) atoms. The SMILES string of the molecule is O=C(CCc1ncc(-c2ccc(Cl)cc2)o1)Nc1cccnc1-n1cccn1. The molecule has 1 aromatic carbocycles. The van der Waals surface area contributed by atoms with Crippen molar-refractivity contribution < 1.29 is 9.21 Å². The Bertz CT molecular complexity index is 1070. The molecule has 3 heterocycles. The van der Waals surface area contributed by atoms with Crippen LogP contribution in [0.15, 0.2) is 71.7 Å². The van der Waals surface area contributed by atoms with Gasteiger partial charge in [0.1, 0.15) is 0 Å². The number of aryl methyl sites for hydroxylation is 1. The minimum absolute atomic E-state index is 0.160. The topological polar surface area (TPSA) is 85.8 Å². The van der Waals surface area contributed by atoms with Crippen LogP contribution in [0, 0.1) is 0 Å². The van der Waals surface area contributed by atoms with E-state index in [-0.39, 0.29) is 12.3 Å². The zero-order chi connectivity index (χ0) is 19.3. The van der Waals surface area contributed by atoms with Crippen molar-refractivity contribution in [1.29, 1.82) is 0 Å². The van der Waals surface area contributed by atoms with E-state index < -0.39 is 0 Å². The van der Waals surface area contributed by atoms with E-state index >= 15 is 0 Å². The van der Waals surface area contributed by atoms with E-state index in [0.717, 1.165) is 5.56 Å². The number of anilines is 1. The first-order valence-corrected chi connectivity index (χ1v) is 9.02. The number of pyridine rings is 1. The van der Waals surface area contributed by atoms with E-state index in [1.165, 1.54) is 0 Å². The number of nitrogens with one attached hydrogen (secondary N) is 1. The quantitative estimate of drug-likeness (QED) is 0.532. The first kappa shape index (κ1) is 17.9. The van der Waals surface area contributed by atoms with Crippen molar-refractivity contribution in [1.82, 2.24) is 19.7 Å². The summed E-state index contributed by atoms with van der Waals surface area (Å²) < 4.78 is 7.33. The van der Waals surface area contributed by atoms with Crippen LogP contribution in [-0.4, -0.2) is 25.7 Å². The van der Waals surface area contributed by atoms with Gasteiger partial charge < -0.3 is 9.73 Å². The maximum atomic E-state index is 12.4. The number of carbonyl (C=O) groups is 1. The predicted octanol–water partition coefficient (Wildman–Crippen LogP) is 4.15. The van der Waals surface area contributed by atoms with Crippen molar-refractivity contribution in [2.75, 3.05) is 5.32 Å². The van der Waals surface area contributed by atoms with Crippen LogP contribution in [0.2, 0.25) is 5.02 Å². The Morgan fingerprint density at radius 2 is 1.96 bits per heavy atom. The van der Waals surface area contributed by atoms with Crippen molar-refractivity contribution in [2.24, 2.45) is 0 Å². The van der Waals surface area contributed by atoms with Gasteiger partial charge in [-0.3, -0.25) is 4.79 Å². The van der Waals surface area contributed by atoms with E-state index in [9.17, 15) is 4.79 Å². The van der Waals surface area contributed by atoms with Crippen molar-refractivity contribution in [3.63, 3.8) is 0 Å². The summed E-state index contributed by atoms with van der Waals surface area (Å²) in [4.78, 5) is 20.9. The fourth-order valence-electron chi connectivity index (χ4n) is 2.68. The van der Waals surface area contributed by atoms with Gasteiger partial charge in [-0.25, -0.2) is 14.6 Å². The van der Waals surface area contributed by atoms with E-state index in [2.05, 4.69) is 20.4 Å². The van der Waals surface area contributed by atoms with Crippen molar-refractivity contribution in [3.05, 3.63) is 78.2 Å². The number of hydrogen-bond acceptors (Lipinski definition) is 5. The van der Waals surface area contributed by atoms with Gasteiger partial charge in [0.25, 0.3) is 0 Å². The van der Waals surface area contributed by atoms with Crippen LogP contribution >= 0.6 is 11.6 Å². The Morgan fingerprint density at radius 1 is 1.11 bits per heavy atom. The predicted molar refractivity (Wildman–Crippen MR) is 105 cm³/mol. The van der Waals surface area contributed by atoms with Crippen LogP contribution < -0.4 is 5.32 Å². The molecule has 0 aliphatic rings. The summed E-state index contributed by atoms with van der Waals surface area (Å²) in [6.45, 7) is 0. The zero-order valence-corrected chi connectivity index (χ0v) is 15.5. The highest BCUT2D eigenvalue weighted by Crippen LogP contribution is 2.23. The van der Waals surface area contributed by atoms with Gasteiger partial charge >= 0.3 is 0 Å². The Kier molecular flexibility index (Phi) is 5.16. The number of rotatable bonds is 6. The summed E-state index contributed by atoms with van der Waals surface area (Å²) >= 11 is 5.90. The third-order valence-electron chi connectivity index (χ3n) is 4.03. The lowest BCUT2D eigenvalue weighted by Crippen LogP contribution is -2.15. The summed E-state index contributed by atoms with van der Waals surface area (Å²) in [7, 11) is 0. The number of benzene rings is 1. The number of halogens is 1. The summed E-state index contributed by atoms with van der Waals surface area (Å²) in [6, 6.07) is 12.6. The van der Waals surface area contributed by atoms with Gasteiger partial charge in [-0.05, 0) is 42.5 Å². The molecule has 0 unspecified atom stereocenters. The van der Waals surface area contributed by atoms with E-state index in [1.54, 1.807) is 59.8 Å². The molecule has 7 nitrogen and oxygen atoms in total. The summed E-state index contributed by atoms with van der Waals surface area (Å²) in [6.07, 6.45) is 7.33. The molecule has 0 saturated carbocycles. The molecule has 140 valence electrons. The van der Waals surface area contributed by atoms with Gasteiger partial charge in [0.05, 0.1) is 11.9 Å². The molecule has 0 saturated heterocycles. The Morgan fingerprint density at radius 3 is 2.75 bits per heavy atom. The fourth-order valence-corrected chi connectivity index (χ4v) is 2.80. The van der Waals surface area contributed by atoms with E-state index in [0.29, 0.717) is 34.6 Å². The van der Waals surface area contributed by atoms with Crippen LogP contribution in [0.5, 0.6) is 0 Å². The number of amides is 1. The molecule has 0 spiro atoms. The Hall–Kier alpha value is -3.45. The average molecular weight is 394 g/mol. The number of aromatic nitrogens is 4. The second-order valence-electron chi connectivity index (χ2n) is 6.00. The minimum atomic E-state index is -0.160. The van der Waals surface area contributed by atoms with Crippen molar-refractivity contribution in [3.8, 4) is 17.1 Å². The molecule has 0 atom stereocenters. The number of hydrogen-bond donors (Lipinski definition) is 1. The molecule has 0 radical (unpaired) electrons. The first-order chi connectivity index (χ1) is 13.7. The molecule has 0 aliphatic heterocycles. The standard InChI is InChI=1S/C20H16ClN5O2/c21-15-6-4-14(5-7-15)17-13-23-19(28-17)9-8-18(27)25-16-3-1-10-22-20(16)26-12-2-11-24-26/h1-7,10-13H,8-9H2,(H,25,27). The molecule has 1 amide bonds. The molecule has 8 heteroatoms. The number of carbonyl (C=O) groups excluding carboxylic acids is 1. The summed E-state index contributed by atoms with van der Waals surface area (Å²) in [5.74, 6) is 1.54. The highest BCUT2D eigenvalue weighted by atomic mass is 35.5. The molecule has 4 aromatic rings. The smallest absolute Gasteiger partial charge is 0.224 e. The number of nitrogens with zero attached hydrogens (tertiary/aromatic N) is 4. The van der Waals surface area contributed by atoms with Gasteiger partial charge in [-0.1, -0.05) is 11.6 Å². The van der Waals surface area contributed by atoms with Gasteiger partial charge in [0, 0.05) is 42.0 Å². The van der Waals surface area contributed by atoms with Crippen LogP contribution in [0.3, 0.4) is 0 Å². The van der Waals surface area contributed by atoms with Crippen molar-refractivity contribution in [2.45, 2.75) is 12.8 Å². The largest absolute Gasteiger partial charge is 0.441 e. The maximum Gasteiger partial charge on any atom is 0.224 e. The number of oxazole rings is 1. The molecular weight excluding hydrogens is 378 g/mol. The van der Waals surface area contributed by atoms with Crippen LogP contribution in [-0.2, 0) is 11.2 Å². The van der Waals surface area contributed by atoms with E-state index in [1.807, 2.05) is 12.1 Å². The van der Waals surface area contributed by atoms with Crippen LogP contribution in [0.1, 0.15) is 12.3 Å². The molecule has 0 fully saturated rings. The lowest BCUT2D eigenvalue weighted by Gasteiger charge is -2.09.